The number of benzene rings is 3. The molecule has 0 unspecified atom stereocenters. The smallest absolute Gasteiger partial charge is 0.192 e. The zero-order valence-corrected chi connectivity index (χ0v) is 21.7. The molecule has 0 spiro atoms. The average molecular weight is 533 g/mol. The highest BCUT2D eigenvalue weighted by atomic mass is 32.2. The number of nitrogens with one attached hydrogen (secondary N) is 1. The van der Waals surface area contributed by atoms with Gasteiger partial charge in [0, 0.05) is 27.7 Å². The van der Waals surface area contributed by atoms with E-state index in [0.717, 1.165) is 39.0 Å². The molecule has 6 aromatic rings. The second kappa shape index (κ2) is 10.9. The molecule has 39 heavy (non-hydrogen) atoms. The summed E-state index contributed by atoms with van der Waals surface area (Å²) in [6.45, 7) is 3.93. The molecular formula is C30H24N6O2S. The molecule has 0 fully saturated rings. The van der Waals surface area contributed by atoms with Crippen molar-refractivity contribution in [1.29, 1.82) is 0 Å². The van der Waals surface area contributed by atoms with Gasteiger partial charge in [-0.25, -0.2) is 0 Å². The lowest BCUT2D eigenvalue weighted by Crippen LogP contribution is -2.05. The van der Waals surface area contributed by atoms with Gasteiger partial charge in [0.05, 0.1) is 17.8 Å². The van der Waals surface area contributed by atoms with E-state index in [1.807, 2.05) is 84.9 Å². The molecule has 0 atom stereocenters. The van der Waals surface area contributed by atoms with Gasteiger partial charge in [-0.2, -0.15) is 9.61 Å². The number of anilines is 1. The third-order valence-electron chi connectivity index (χ3n) is 6.14. The predicted octanol–water partition coefficient (Wildman–Crippen LogP) is 6.15. The van der Waals surface area contributed by atoms with Crippen LogP contribution in [-0.2, 0) is 6.61 Å². The molecule has 0 aliphatic carbocycles. The number of aromatic nitrogens is 5. The average Bonchev–Trinajstić information content (AvgIpc) is 3.41. The SMILES string of the molecule is C=C(CO)SNc1cccc(-c2ccc3c(OCc4nnc5ccc(-c6ccccc6)nn45)ccnc3c2)c1. The standard InChI is InChI=1S/C30H24N6O2S/c1-20(18-37)39-35-24-9-5-8-22(16-24)23-10-11-25-27(17-23)31-15-14-28(25)38-19-30-33-32-29-13-12-26(34-36(29)30)21-6-3-2-4-7-21/h2-17,35,37H,1,18-19H2. The van der Waals surface area contributed by atoms with Gasteiger partial charge in [0.25, 0.3) is 0 Å². The van der Waals surface area contributed by atoms with Crippen LogP contribution in [0.4, 0.5) is 5.69 Å². The Bertz CT molecular complexity index is 1790. The number of hydrogen-bond acceptors (Lipinski definition) is 8. The lowest BCUT2D eigenvalue weighted by molar-refractivity contribution is 0.296. The Hall–Kier alpha value is -4.73. The molecule has 0 aliphatic rings. The Morgan fingerprint density at radius 2 is 1.74 bits per heavy atom. The molecule has 9 heteroatoms. The lowest BCUT2D eigenvalue weighted by atomic mass is 10.0. The first-order chi connectivity index (χ1) is 19.2. The van der Waals surface area contributed by atoms with E-state index in [1.165, 1.54) is 11.9 Å². The van der Waals surface area contributed by atoms with Crippen LogP contribution in [0.1, 0.15) is 5.82 Å². The van der Waals surface area contributed by atoms with Crippen molar-refractivity contribution in [2.75, 3.05) is 11.3 Å². The summed E-state index contributed by atoms with van der Waals surface area (Å²) in [5.74, 6) is 1.31. The summed E-state index contributed by atoms with van der Waals surface area (Å²) in [7, 11) is 0. The molecule has 0 radical (unpaired) electrons. The zero-order chi connectivity index (χ0) is 26.6. The number of pyridine rings is 1. The summed E-state index contributed by atoms with van der Waals surface area (Å²) in [5, 5.41) is 23.4. The number of nitrogens with zero attached hydrogens (tertiary/aromatic N) is 5. The zero-order valence-electron chi connectivity index (χ0n) is 20.9. The first-order valence-corrected chi connectivity index (χ1v) is 13.1. The van der Waals surface area contributed by atoms with Crippen molar-refractivity contribution in [3.8, 4) is 28.1 Å². The molecule has 0 bridgehead atoms. The topological polar surface area (TPSA) is 97.5 Å². The summed E-state index contributed by atoms with van der Waals surface area (Å²) in [4.78, 5) is 5.22. The maximum absolute atomic E-state index is 9.17. The maximum atomic E-state index is 9.17. The van der Waals surface area contributed by atoms with Crippen molar-refractivity contribution in [3.63, 3.8) is 0 Å². The number of fused-ring (bicyclic) bond motifs is 2. The first kappa shape index (κ1) is 24.6. The van der Waals surface area contributed by atoms with Crippen LogP contribution in [0.5, 0.6) is 5.75 Å². The van der Waals surface area contributed by atoms with Crippen molar-refractivity contribution >= 4 is 34.2 Å². The van der Waals surface area contributed by atoms with E-state index in [-0.39, 0.29) is 13.2 Å². The Labute approximate surface area is 229 Å². The second-order valence-corrected chi connectivity index (χ2v) is 9.77. The van der Waals surface area contributed by atoms with E-state index in [0.29, 0.717) is 22.1 Å². The predicted molar refractivity (Wildman–Crippen MR) is 155 cm³/mol. The van der Waals surface area contributed by atoms with E-state index in [9.17, 15) is 5.11 Å². The van der Waals surface area contributed by atoms with Gasteiger partial charge in [-0.3, -0.25) is 4.98 Å². The quantitative estimate of drug-likeness (QED) is 0.214. The van der Waals surface area contributed by atoms with Gasteiger partial charge in [0.2, 0.25) is 0 Å². The molecular weight excluding hydrogens is 508 g/mol. The van der Waals surface area contributed by atoms with E-state index in [1.54, 1.807) is 10.7 Å². The molecule has 0 aliphatic heterocycles. The highest BCUT2D eigenvalue weighted by Gasteiger charge is 2.12. The van der Waals surface area contributed by atoms with E-state index < -0.39 is 0 Å². The number of aliphatic hydroxyl groups excluding tert-OH is 1. The van der Waals surface area contributed by atoms with Gasteiger partial charge in [0.1, 0.15) is 12.4 Å². The summed E-state index contributed by atoms with van der Waals surface area (Å²) in [5.41, 5.74) is 6.33. The molecule has 3 heterocycles. The van der Waals surface area contributed by atoms with Gasteiger partial charge in [0.15, 0.2) is 11.5 Å². The van der Waals surface area contributed by atoms with Crippen LogP contribution in [0.2, 0.25) is 0 Å². The number of aliphatic hydroxyl groups is 1. The molecule has 3 aromatic carbocycles. The second-order valence-electron chi connectivity index (χ2n) is 8.78. The van der Waals surface area contributed by atoms with Crippen LogP contribution in [0.15, 0.2) is 109 Å². The molecule has 2 N–H and O–H groups in total. The fourth-order valence-electron chi connectivity index (χ4n) is 4.18. The largest absolute Gasteiger partial charge is 0.485 e. The minimum Gasteiger partial charge on any atom is -0.485 e. The van der Waals surface area contributed by atoms with Crippen LogP contribution in [-0.4, -0.2) is 36.5 Å². The fourth-order valence-corrected chi connectivity index (χ4v) is 4.64. The van der Waals surface area contributed by atoms with Crippen LogP contribution in [0, 0.1) is 0 Å². The number of ether oxygens (including phenoxy) is 1. The first-order valence-electron chi connectivity index (χ1n) is 12.3. The third kappa shape index (κ3) is 5.31. The summed E-state index contributed by atoms with van der Waals surface area (Å²) < 4.78 is 11.1. The Morgan fingerprint density at radius 3 is 2.62 bits per heavy atom. The number of rotatable bonds is 9. The fraction of sp³-hybridized carbons (Fsp3) is 0.0667. The van der Waals surface area contributed by atoms with Gasteiger partial charge in [-0.15, -0.1) is 10.2 Å². The van der Waals surface area contributed by atoms with E-state index in [4.69, 9.17) is 9.84 Å². The van der Waals surface area contributed by atoms with E-state index in [2.05, 4.69) is 32.5 Å². The Morgan fingerprint density at radius 1 is 0.897 bits per heavy atom. The monoisotopic (exact) mass is 532 g/mol. The Balaban J connectivity index is 1.23. The molecule has 0 saturated carbocycles. The summed E-state index contributed by atoms with van der Waals surface area (Å²) in [6, 6.07) is 29.8. The lowest BCUT2D eigenvalue weighted by Gasteiger charge is -2.11. The van der Waals surface area contributed by atoms with Crippen LogP contribution < -0.4 is 9.46 Å². The maximum Gasteiger partial charge on any atom is 0.192 e. The minimum atomic E-state index is -0.0728. The van der Waals surface area contributed by atoms with Gasteiger partial charge in [-0.05, 0) is 65.5 Å². The van der Waals surface area contributed by atoms with Crippen molar-refractivity contribution < 1.29 is 9.84 Å². The van der Waals surface area contributed by atoms with Crippen molar-refractivity contribution in [1.82, 2.24) is 24.8 Å². The summed E-state index contributed by atoms with van der Waals surface area (Å²) >= 11 is 1.30. The van der Waals surface area contributed by atoms with E-state index >= 15 is 0 Å². The van der Waals surface area contributed by atoms with Crippen molar-refractivity contribution in [3.05, 3.63) is 115 Å². The van der Waals surface area contributed by atoms with Crippen LogP contribution in [0.25, 0.3) is 38.9 Å². The molecule has 0 saturated heterocycles. The summed E-state index contributed by atoms with van der Waals surface area (Å²) in [6.07, 6.45) is 1.74. The number of hydrogen-bond donors (Lipinski definition) is 2. The molecule has 3 aromatic heterocycles. The molecule has 192 valence electrons. The van der Waals surface area contributed by atoms with Gasteiger partial charge < -0.3 is 14.6 Å². The molecule has 0 amide bonds. The van der Waals surface area contributed by atoms with Crippen molar-refractivity contribution in [2.45, 2.75) is 6.61 Å². The highest BCUT2D eigenvalue weighted by molar-refractivity contribution is 8.04. The third-order valence-corrected chi connectivity index (χ3v) is 6.90. The van der Waals surface area contributed by atoms with Gasteiger partial charge in [-0.1, -0.05) is 55.1 Å². The minimum absolute atomic E-state index is 0.0728. The van der Waals surface area contributed by atoms with Crippen molar-refractivity contribution in [2.24, 2.45) is 0 Å². The Kier molecular flexibility index (Phi) is 6.90. The highest BCUT2D eigenvalue weighted by Crippen LogP contribution is 2.31. The van der Waals surface area contributed by atoms with Gasteiger partial charge >= 0.3 is 0 Å². The molecule has 8 nitrogen and oxygen atoms in total. The van der Waals surface area contributed by atoms with Crippen LogP contribution in [0.3, 0.4) is 0 Å². The van der Waals surface area contributed by atoms with Crippen LogP contribution >= 0.6 is 11.9 Å². The normalized spacial score (nSPS) is 11.1. The molecule has 6 rings (SSSR count).